The zero-order valence-corrected chi connectivity index (χ0v) is 9.28. The molecule has 82 valence electrons. The largest absolute Gasteiger partial charge is 0.506 e. The third-order valence-corrected chi connectivity index (χ3v) is 2.60. The summed E-state index contributed by atoms with van der Waals surface area (Å²) in [6.07, 6.45) is 1.32. The highest BCUT2D eigenvalue weighted by Gasteiger charge is 2.06. The number of pyridine rings is 1. The molecule has 0 aliphatic heterocycles. The number of nitrogens with two attached hydrogens (primary N) is 1. The lowest BCUT2D eigenvalue weighted by Gasteiger charge is -2.06. The quantitative estimate of drug-likeness (QED) is 0.786. The number of rotatable bonds is 2. The Kier molecular flexibility index (Phi) is 3.08. The highest BCUT2D eigenvalue weighted by molar-refractivity contribution is 6.32. The van der Waals surface area contributed by atoms with Crippen LogP contribution >= 0.6 is 11.6 Å². The molecule has 0 amide bonds. The maximum absolute atomic E-state index is 9.38. The van der Waals surface area contributed by atoms with Gasteiger partial charge in [-0.15, -0.1) is 0 Å². The smallest absolute Gasteiger partial charge is 0.137 e. The Morgan fingerprint density at radius 2 is 2.12 bits per heavy atom. The van der Waals surface area contributed by atoms with Gasteiger partial charge < -0.3 is 10.8 Å². The monoisotopic (exact) mass is 234 g/mol. The lowest BCUT2D eigenvalue weighted by Crippen LogP contribution is -1.96. The second-order valence-electron chi connectivity index (χ2n) is 3.44. The van der Waals surface area contributed by atoms with E-state index < -0.39 is 0 Å². The van der Waals surface area contributed by atoms with Gasteiger partial charge in [-0.05, 0) is 23.3 Å². The Morgan fingerprint density at radius 1 is 1.31 bits per heavy atom. The molecule has 3 N–H and O–H groups in total. The highest BCUT2D eigenvalue weighted by atomic mass is 35.5. The molecule has 1 aromatic heterocycles. The summed E-state index contributed by atoms with van der Waals surface area (Å²) in [5, 5.41) is 9.75. The first-order valence-corrected chi connectivity index (χ1v) is 5.22. The molecule has 3 nitrogen and oxygen atoms in total. The number of halogens is 1. The molecule has 0 spiro atoms. The van der Waals surface area contributed by atoms with Crippen LogP contribution in [0.1, 0.15) is 5.56 Å². The first-order chi connectivity index (χ1) is 7.70. The van der Waals surface area contributed by atoms with E-state index in [4.69, 9.17) is 17.3 Å². The van der Waals surface area contributed by atoms with Crippen molar-refractivity contribution in [2.24, 2.45) is 5.73 Å². The van der Waals surface area contributed by atoms with Gasteiger partial charge in [-0.3, -0.25) is 0 Å². The highest BCUT2D eigenvalue weighted by Crippen LogP contribution is 2.29. The molecule has 0 saturated heterocycles. The van der Waals surface area contributed by atoms with Crippen molar-refractivity contribution in [3.8, 4) is 16.9 Å². The van der Waals surface area contributed by atoms with Crippen molar-refractivity contribution in [3.63, 3.8) is 0 Å². The van der Waals surface area contributed by atoms with Crippen LogP contribution in [-0.2, 0) is 6.54 Å². The first kappa shape index (κ1) is 10.9. The van der Waals surface area contributed by atoms with Gasteiger partial charge in [-0.1, -0.05) is 29.8 Å². The van der Waals surface area contributed by atoms with Gasteiger partial charge >= 0.3 is 0 Å². The topological polar surface area (TPSA) is 59.1 Å². The minimum Gasteiger partial charge on any atom is -0.506 e. The van der Waals surface area contributed by atoms with Crippen LogP contribution in [0.5, 0.6) is 5.75 Å². The van der Waals surface area contributed by atoms with Gasteiger partial charge in [0.25, 0.3) is 0 Å². The summed E-state index contributed by atoms with van der Waals surface area (Å²) in [5.74, 6) is 0.0950. The fraction of sp³-hybridized carbons (Fsp3) is 0.0833. The number of aromatic nitrogens is 1. The van der Waals surface area contributed by atoms with Crippen molar-refractivity contribution in [1.29, 1.82) is 0 Å². The summed E-state index contributed by atoms with van der Waals surface area (Å²) in [6.45, 7) is 0.470. The zero-order valence-electron chi connectivity index (χ0n) is 8.52. The number of benzene rings is 1. The number of nitrogens with zero attached hydrogens (tertiary/aromatic N) is 1. The third kappa shape index (κ3) is 2.15. The summed E-state index contributed by atoms with van der Waals surface area (Å²) >= 11 is 5.97. The van der Waals surface area contributed by atoms with Crippen molar-refractivity contribution in [3.05, 3.63) is 47.2 Å². The fourth-order valence-electron chi connectivity index (χ4n) is 1.51. The Labute approximate surface area is 98.5 Å². The van der Waals surface area contributed by atoms with Crippen molar-refractivity contribution in [2.45, 2.75) is 6.54 Å². The van der Waals surface area contributed by atoms with E-state index >= 15 is 0 Å². The van der Waals surface area contributed by atoms with Crippen molar-refractivity contribution in [1.82, 2.24) is 4.98 Å². The minimum atomic E-state index is 0.0950. The van der Waals surface area contributed by atoms with Crippen LogP contribution in [0.2, 0.25) is 5.15 Å². The zero-order chi connectivity index (χ0) is 11.5. The minimum absolute atomic E-state index is 0.0950. The van der Waals surface area contributed by atoms with Crippen LogP contribution in [0.3, 0.4) is 0 Å². The summed E-state index contributed by atoms with van der Waals surface area (Å²) in [7, 11) is 0. The van der Waals surface area contributed by atoms with Crippen LogP contribution in [0.4, 0.5) is 0 Å². The van der Waals surface area contributed by atoms with Crippen LogP contribution in [0.15, 0.2) is 36.5 Å². The van der Waals surface area contributed by atoms with Crippen LogP contribution < -0.4 is 5.73 Å². The van der Waals surface area contributed by atoms with E-state index in [1.165, 1.54) is 6.20 Å². The van der Waals surface area contributed by atoms with Crippen molar-refractivity contribution < 1.29 is 5.11 Å². The van der Waals surface area contributed by atoms with E-state index in [2.05, 4.69) is 4.98 Å². The Bertz CT molecular complexity index is 514. The standard InChI is InChI=1S/C12H11ClN2O/c13-12-11(5-10(16)7-15-12)9-3-1-2-8(4-9)6-14/h1-5,7,16H,6,14H2. The van der Waals surface area contributed by atoms with E-state index in [-0.39, 0.29) is 5.75 Å². The van der Waals surface area contributed by atoms with Gasteiger partial charge in [0, 0.05) is 12.1 Å². The average molecular weight is 235 g/mol. The van der Waals surface area contributed by atoms with E-state index in [0.717, 1.165) is 11.1 Å². The third-order valence-electron chi connectivity index (χ3n) is 2.30. The maximum Gasteiger partial charge on any atom is 0.137 e. The second-order valence-corrected chi connectivity index (χ2v) is 3.79. The van der Waals surface area contributed by atoms with Crippen LogP contribution in [0.25, 0.3) is 11.1 Å². The number of aromatic hydroxyl groups is 1. The van der Waals surface area contributed by atoms with Gasteiger partial charge in [0.05, 0.1) is 6.20 Å². The van der Waals surface area contributed by atoms with Gasteiger partial charge in [0.2, 0.25) is 0 Å². The molecule has 1 heterocycles. The summed E-state index contributed by atoms with van der Waals surface area (Å²) in [5.41, 5.74) is 8.18. The van der Waals surface area contributed by atoms with Crippen molar-refractivity contribution in [2.75, 3.05) is 0 Å². The maximum atomic E-state index is 9.38. The molecular formula is C12H11ClN2O. The average Bonchev–Trinajstić information content (AvgIpc) is 2.32. The molecule has 4 heteroatoms. The Morgan fingerprint density at radius 3 is 2.88 bits per heavy atom. The molecule has 0 atom stereocenters. The molecule has 0 aliphatic carbocycles. The van der Waals surface area contributed by atoms with E-state index in [1.54, 1.807) is 6.07 Å². The molecule has 0 saturated carbocycles. The normalized spacial score (nSPS) is 10.4. The number of hydrogen-bond acceptors (Lipinski definition) is 3. The summed E-state index contributed by atoms with van der Waals surface area (Å²) < 4.78 is 0. The molecule has 2 rings (SSSR count). The molecule has 16 heavy (non-hydrogen) atoms. The van der Waals surface area contributed by atoms with Gasteiger partial charge in [0.15, 0.2) is 0 Å². The molecule has 0 unspecified atom stereocenters. The van der Waals surface area contributed by atoms with Gasteiger partial charge in [-0.2, -0.15) is 0 Å². The predicted molar refractivity (Wildman–Crippen MR) is 64.2 cm³/mol. The lowest BCUT2D eigenvalue weighted by molar-refractivity contribution is 0.473. The lowest BCUT2D eigenvalue weighted by atomic mass is 10.0. The Hall–Kier alpha value is -1.58. The molecule has 2 aromatic rings. The predicted octanol–water partition coefficient (Wildman–Crippen LogP) is 2.57. The molecule has 0 fully saturated rings. The Balaban J connectivity index is 2.53. The van der Waals surface area contributed by atoms with E-state index in [1.807, 2.05) is 24.3 Å². The molecule has 0 radical (unpaired) electrons. The molecule has 0 bridgehead atoms. The first-order valence-electron chi connectivity index (χ1n) is 4.84. The van der Waals surface area contributed by atoms with E-state index in [0.29, 0.717) is 17.3 Å². The van der Waals surface area contributed by atoms with Gasteiger partial charge in [0.1, 0.15) is 10.9 Å². The molecule has 1 aromatic carbocycles. The number of hydrogen-bond donors (Lipinski definition) is 2. The summed E-state index contributed by atoms with van der Waals surface area (Å²) in [6, 6.07) is 9.26. The summed E-state index contributed by atoms with van der Waals surface area (Å²) in [4.78, 5) is 3.89. The van der Waals surface area contributed by atoms with Gasteiger partial charge in [-0.25, -0.2) is 4.98 Å². The van der Waals surface area contributed by atoms with Crippen LogP contribution in [-0.4, -0.2) is 10.1 Å². The van der Waals surface area contributed by atoms with E-state index in [9.17, 15) is 5.11 Å². The molecular weight excluding hydrogens is 224 g/mol. The van der Waals surface area contributed by atoms with Crippen LogP contribution in [0, 0.1) is 0 Å². The second kappa shape index (κ2) is 4.51. The fourth-order valence-corrected chi connectivity index (χ4v) is 1.72. The molecule has 0 aliphatic rings. The van der Waals surface area contributed by atoms with Crippen molar-refractivity contribution >= 4 is 11.6 Å². The SMILES string of the molecule is NCc1cccc(-c2cc(O)cnc2Cl)c1.